The van der Waals surface area contributed by atoms with Crippen molar-refractivity contribution in [2.45, 2.75) is 46.1 Å². The van der Waals surface area contributed by atoms with E-state index >= 15 is 0 Å². The van der Waals surface area contributed by atoms with Gasteiger partial charge in [-0.1, -0.05) is 25.1 Å². The molecule has 3 heterocycles. The zero-order chi connectivity index (χ0) is 22.3. The van der Waals surface area contributed by atoms with Crippen molar-refractivity contribution in [2.75, 3.05) is 26.2 Å². The smallest absolute Gasteiger partial charge is 0.255 e. The number of aryl methyl sites for hydroxylation is 1. The molecule has 1 amide bonds. The number of imidazole rings is 1. The molecule has 0 saturated carbocycles. The Morgan fingerprint density at radius 2 is 1.97 bits per heavy atom. The Hall–Kier alpha value is -2.86. The highest BCUT2D eigenvalue weighted by Gasteiger charge is 2.15. The fraction of sp³-hybridized carbons (Fsp3) is 0.462. The van der Waals surface area contributed by atoms with E-state index in [1.807, 2.05) is 60.1 Å². The first kappa shape index (κ1) is 22.3. The summed E-state index contributed by atoms with van der Waals surface area (Å²) in [5, 5.41) is 3.05. The Balaban J connectivity index is 1.25. The summed E-state index contributed by atoms with van der Waals surface area (Å²) >= 11 is 0. The third-order valence-corrected chi connectivity index (χ3v) is 6.30. The van der Waals surface area contributed by atoms with Crippen molar-refractivity contribution in [3.8, 4) is 5.75 Å². The van der Waals surface area contributed by atoms with E-state index in [0.29, 0.717) is 24.5 Å². The number of carbonyl (C=O) groups excluding carboxylic acids is 1. The molecule has 0 bridgehead atoms. The minimum atomic E-state index is -0.0850. The molecule has 1 N–H and O–H groups in total. The van der Waals surface area contributed by atoms with Crippen LogP contribution in [0.5, 0.6) is 5.75 Å². The Labute approximate surface area is 190 Å². The number of piperidine rings is 1. The molecule has 6 heteroatoms. The van der Waals surface area contributed by atoms with Crippen molar-refractivity contribution in [1.29, 1.82) is 0 Å². The Bertz CT molecular complexity index is 1040. The SMILES string of the molecule is Cc1cccn2cc(COc3ccccc3C(=O)NCCCCN3CCC(C)CC3)nc12. The molecule has 0 spiro atoms. The van der Waals surface area contributed by atoms with Gasteiger partial charge in [0.2, 0.25) is 0 Å². The highest BCUT2D eigenvalue weighted by molar-refractivity contribution is 5.96. The molecule has 0 aliphatic carbocycles. The molecule has 1 saturated heterocycles. The van der Waals surface area contributed by atoms with Gasteiger partial charge in [-0.15, -0.1) is 0 Å². The topological polar surface area (TPSA) is 58.9 Å². The summed E-state index contributed by atoms with van der Waals surface area (Å²) in [5.74, 6) is 1.36. The number of rotatable bonds is 9. The Morgan fingerprint density at radius 3 is 2.78 bits per heavy atom. The number of nitrogens with zero attached hydrogens (tertiary/aromatic N) is 3. The maximum atomic E-state index is 12.7. The molecule has 6 nitrogen and oxygen atoms in total. The quantitative estimate of drug-likeness (QED) is 0.505. The molecule has 1 aliphatic heterocycles. The number of ether oxygens (including phenoxy) is 1. The summed E-state index contributed by atoms with van der Waals surface area (Å²) in [6.45, 7) is 8.93. The average Bonchev–Trinajstić information content (AvgIpc) is 3.23. The van der Waals surface area contributed by atoms with E-state index in [2.05, 4.69) is 22.1 Å². The number of likely N-dealkylation sites (tertiary alicyclic amines) is 1. The van der Waals surface area contributed by atoms with Gasteiger partial charge in [0.1, 0.15) is 18.0 Å². The van der Waals surface area contributed by atoms with Crippen molar-refractivity contribution in [1.82, 2.24) is 19.6 Å². The fourth-order valence-electron chi connectivity index (χ4n) is 4.25. The lowest BCUT2D eigenvalue weighted by Crippen LogP contribution is -2.34. The van der Waals surface area contributed by atoms with Gasteiger partial charge < -0.3 is 19.4 Å². The molecule has 1 fully saturated rings. The summed E-state index contributed by atoms with van der Waals surface area (Å²) in [5.41, 5.74) is 3.45. The van der Waals surface area contributed by atoms with E-state index in [0.717, 1.165) is 42.2 Å². The van der Waals surface area contributed by atoms with Gasteiger partial charge in [-0.05, 0) is 81.9 Å². The molecule has 4 rings (SSSR count). The molecule has 0 atom stereocenters. The molecule has 0 unspecified atom stereocenters. The standard InChI is InChI=1S/C26H34N4O2/c1-20-11-16-29(17-12-20)14-6-5-13-27-26(31)23-9-3-4-10-24(23)32-19-22-18-30-15-7-8-21(2)25(30)28-22/h3-4,7-10,15,18,20H,5-6,11-14,16-17,19H2,1-2H3,(H,27,31). The van der Waals surface area contributed by atoms with Crippen molar-refractivity contribution < 1.29 is 9.53 Å². The largest absolute Gasteiger partial charge is 0.486 e. The van der Waals surface area contributed by atoms with Crippen LogP contribution in [0, 0.1) is 12.8 Å². The maximum absolute atomic E-state index is 12.7. The van der Waals surface area contributed by atoms with Crippen LogP contribution in [0.1, 0.15) is 54.2 Å². The molecule has 0 radical (unpaired) electrons. The second-order valence-corrected chi connectivity index (χ2v) is 8.93. The van der Waals surface area contributed by atoms with Crippen LogP contribution < -0.4 is 10.1 Å². The van der Waals surface area contributed by atoms with E-state index in [9.17, 15) is 4.79 Å². The van der Waals surface area contributed by atoms with Crippen LogP contribution in [0.2, 0.25) is 0 Å². The van der Waals surface area contributed by atoms with E-state index in [4.69, 9.17) is 4.74 Å². The highest BCUT2D eigenvalue weighted by Crippen LogP contribution is 2.20. The monoisotopic (exact) mass is 434 g/mol. The van der Waals surface area contributed by atoms with Gasteiger partial charge in [0, 0.05) is 18.9 Å². The maximum Gasteiger partial charge on any atom is 0.255 e. The molecular formula is C26H34N4O2. The zero-order valence-electron chi connectivity index (χ0n) is 19.2. The van der Waals surface area contributed by atoms with Crippen molar-refractivity contribution in [3.05, 3.63) is 65.6 Å². The third kappa shape index (κ3) is 5.68. The number of para-hydroxylation sites is 1. The number of nitrogens with one attached hydrogen (secondary N) is 1. The molecule has 32 heavy (non-hydrogen) atoms. The van der Waals surface area contributed by atoms with Gasteiger partial charge in [0.15, 0.2) is 0 Å². The van der Waals surface area contributed by atoms with Crippen LogP contribution in [-0.4, -0.2) is 46.4 Å². The first-order valence-corrected chi connectivity index (χ1v) is 11.8. The fourth-order valence-corrected chi connectivity index (χ4v) is 4.25. The Kier molecular flexibility index (Phi) is 7.43. The summed E-state index contributed by atoms with van der Waals surface area (Å²) in [4.78, 5) is 19.9. The van der Waals surface area contributed by atoms with Gasteiger partial charge in [-0.25, -0.2) is 4.98 Å². The predicted molar refractivity (Wildman–Crippen MR) is 127 cm³/mol. The van der Waals surface area contributed by atoms with E-state index in [-0.39, 0.29) is 5.91 Å². The molecule has 3 aromatic rings. The predicted octanol–water partition coefficient (Wildman–Crippen LogP) is 4.46. The van der Waals surface area contributed by atoms with Crippen LogP contribution in [0.25, 0.3) is 5.65 Å². The second kappa shape index (κ2) is 10.6. The lowest BCUT2D eigenvalue weighted by molar-refractivity contribution is 0.0947. The number of hydrogen-bond donors (Lipinski definition) is 1. The average molecular weight is 435 g/mol. The number of benzene rings is 1. The lowest BCUT2D eigenvalue weighted by Gasteiger charge is -2.30. The van der Waals surface area contributed by atoms with Gasteiger partial charge in [-0.2, -0.15) is 0 Å². The summed E-state index contributed by atoms with van der Waals surface area (Å²) in [6, 6.07) is 11.5. The third-order valence-electron chi connectivity index (χ3n) is 6.30. The number of carbonyl (C=O) groups is 1. The number of pyridine rings is 1. The molecule has 170 valence electrons. The summed E-state index contributed by atoms with van der Waals surface area (Å²) in [7, 11) is 0. The van der Waals surface area contributed by atoms with Crippen LogP contribution in [-0.2, 0) is 6.61 Å². The van der Waals surface area contributed by atoms with Crippen LogP contribution in [0.3, 0.4) is 0 Å². The molecule has 1 aliphatic rings. The zero-order valence-corrected chi connectivity index (χ0v) is 19.2. The van der Waals surface area contributed by atoms with E-state index < -0.39 is 0 Å². The van der Waals surface area contributed by atoms with Gasteiger partial charge >= 0.3 is 0 Å². The van der Waals surface area contributed by atoms with Gasteiger partial charge in [0.25, 0.3) is 5.91 Å². The first-order valence-electron chi connectivity index (χ1n) is 11.8. The number of amides is 1. The first-order chi connectivity index (χ1) is 15.6. The minimum Gasteiger partial charge on any atom is -0.486 e. The van der Waals surface area contributed by atoms with Gasteiger partial charge in [0.05, 0.1) is 11.3 Å². The minimum absolute atomic E-state index is 0.0850. The highest BCUT2D eigenvalue weighted by atomic mass is 16.5. The van der Waals surface area contributed by atoms with Crippen molar-refractivity contribution >= 4 is 11.6 Å². The van der Waals surface area contributed by atoms with Crippen molar-refractivity contribution in [2.24, 2.45) is 5.92 Å². The summed E-state index contributed by atoms with van der Waals surface area (Å²) in [6.07, 6.45) is 8.66. The molecule has 1 aromatic carbocycles. The van der Waals surface area contributed by atoms with E-state index in [1.54, 1.807) is 0 Å². The number of hydrogen-bond acceptors (Lipinski definition) is 4. The number of fused-ring (bicyclic) bond motifs is 1. The number of unbranched alkanes of at least 4 members (excludes halogenated alkanes) is 1. The van der Waals surface area contributed by atoms with Crippen molar-refractivity contribution in [3.63, 3.8) is 0 Å². The van der Waals surface area contributed by atoms with Gasteiger partial charge in [-0.3, -0.25) is 4.79 Å². The molecule has 2 aromatic heterocycles. The molecular weight excluding hydrogens is 400 g/mol. The lowest BCUT2D eigenvalue weighted by atomic mass is 9.99. The normalized spacial score (nSPS) is 15.2. The van der Waals surface area contributed by atoms with Crippen LogP contribution >= 0.6 is 0 Å². The van der Waals surface area contributed by atoms with Crippen LogP contribution in [0.4, 0.5) is 0 Å². The second-order valence-electron chi connectivity index (χ2n) is 8.93. The summed E-state index contributed by atoms with van der Waals surface area (Å²) < 4.78 is 7.98. The number of aromatic nitrogens is 2. The van der Waals surface area contributed by atoms with Crippen LogP contribution in [0.15, 0.2) is 48.8 Å². The van der Waals surface area contributed by atoms with E-state index in [1.165, 1.54) is 25.9 Å². The Morgan fingerprint density at radius 1 is 1.16 bits per heavy atom.